The van der Waals surface area contributed by atoms with E-state index in [1.165, 1.54) is 12.8 Å². The Balaban J connectivity index is 1.93. The topological polar surface area (TPSA) is 20.3 Å². The summed E-state index contributed by atoms with van der Waals surface area (Å²) >= 11 is 5.96. The van der Waals surface area contributed by atoms with Gasteiger partial charge in [0.25, 0.3) is 0 Å². The minimum atomic E-state index is -0.199. The first-order chi connectivity index (χ1) is 11.3. The molecule has 1 unspecified atom stereocenters. The van der Waals surface area contributed by atoms with Gasteiger partial charge in [0.15, 0.2) is 5.78 Å². The van der Waals surface area contributed by atoms with Gasteiger partial charge in [0.2, 0.25) is 0 Å². The highest BCUT2D eigenvalue weighted by Gasteiger charge is 2.28. The zero-order valence-corrected chi connectivity index (χ0v) is 14.0. The molecule has 3 rings (SSSR count). The van der Waals surface area contributed by atoms with Crippen molar-refractivity contribution in [2.24, 2.45) is 0 Å². The summed E-state index contributed by atoms with van der Waals surface area (Å²) in [5.74, 6) is 0.162. The average molecular weight is 328 g/mol. The number of likely N-dealkylation sites (tertiary alicyclic amines) is 1. The summed E-state index contributed by atoms with van der Waals surface area (Å²) in [6, 6.07) is 17.2. The number of hydrogen-bond donors (Lipinski definition) is 0. The molecular weight excluding hydrogens is 306 g/mol. The normalized spacial score (nSPS) is 17.4. The van der Waals surface area contributed by atoms with Gasteiger partial charge in [0, 0.05) is 10.6 Å². The quantitative estimate of drug-likeness (QED) is 0.725. The Hall–Kier alpha value is -1.64. The molecule has 1 aliphatic heterocycles. The molecule has 0 radical (unpaired) electrons. The first-order valence-electron chi connectivity index (χ1n) is 8.34. The lowest BCUT2D eigenvalue weighted by atomic mass is 9.95. The van der Waals surface area contributed by atoms with E-state index < -0.39 is 0 Å². The molecule has 0 amide bonds. The lowest BCUT2D eigenvalue weighted by Gasteiger charge is -2.30. The van der Waals surface area contributed by atoms with Gasteiger partial charge in [-0.25, -0.2) is 0 Å². The fourth-order valence-corrected chi connectivity index (χ4v) is 3.41. The summed E-state index contributed by atoms with van der Waals surface area (Å²) in [6.07, 6.45) is 4.84. The number of rotatable bonds is 4. The van der Waals surface area contributed by atoms with Gasteiger partial charge in [-0.2, -0.15) is 0 Å². The Morgan fingerprint density at radius 2 is 1.48 bits per heavy atom. The van der Waals surface area contributed by atoms with Crippen LogP contribution in [0, 0.1) is 0 Å². The van der Waals surface area contributed by atoms with Crippen LogP contribution in [-0.2, 0) is 0 Å². The third-order valence-electron chi connectivity index (χ3n) is 4.50. The number of hydrogen-bond acceptors (Lipinski definition) is 2. The smallest absolute Gasteiger partial charge is 0.184 e. The standard InChI is InChI=1S/C20H22ClNO/c21-18-12-10-17(11-13-18)20(23)19(16-8-4-3-5-9-16)22-14-6-1-2-7-15-22/h3-5,8-13,19H,1-2,6-7,14-15H2. The molecule has 0 bridgehead atoms. The maximum atomic E-state index is 13.2. The molecular formula is C20H22ClNO. The number of carbonyl (C=O) groups is 1. The first kappa shape index (κ1) is 16.2. The molecule has 0 aromatic heterocycles. The van der Waals surface area contributed by atoms with Crippen LogP contribution in [-0.4, -0.2) is 23.8 Å². The molecule has 0 aliphatic carbocycles. The van der Waals surface area contributed by atoms with E-state index in [0.717, 1.165) is 37.1 Å². The number of Topliss-reactive ketones (excluding diaryl/α,β-unsaturated/α-hetero) is 1. The van der Waals surface area contributed by atoms with E-state index in [1.54, 1.807) is 12.1 Å². The van der Waals surface area contributed by atoms with Crippen LogP contribution < -0.4 is 0 Å². The zero-order valence-electron chi connectivity index (χ0n) is 13.2. The van der Waals surface area contributed by atoms with Crippen molar-refractivity contribution < 1.29 is 4.79 Å². The van der Waals surface area contributed by atoms with Crippen molar-refractivity contribution in [1.82, 2.24) is 4.90 Å². The molecule has 0 spiro atoms. The second kappa shape index (κ2) is 7.76. The van der Waals surface area contributed by atoms with Crippen LogP contribution in [0.5, 0.6) is 0 Å². The molecule has 2 aromatic rings. The SMILES string of the molecule is O=C(c1ccc(Cl)cc1)C(c1ccccc1)N1CCCCCC1. The first-order valence-corrected chi connectivity index (χ1v) is 8.72. The third-order valence-corrected chi connectivity index (χ3v) is 4.75. The number of halogens is 1. The minimum Gasteiger partial charge on any atom is -0.292 e. The van der Waals surface area contributed by atoms with Crippen molar-refractivity contribution in [3.05, 3.63) is 70.7 Å². The zero-order chi connectivity index (χ0) is 16.1. The van der Waals surface area contributed by atoms with Crippen molar-refractivity contribution >= 4 is 17.4 Å². The maximum absolute atomic E-state index is 13.2. The molecule has 23 heavy (non-hydrogen) atoms. The molecule has 1 saturated heterocycles. The fourth-order valence-electron chi connectivity index (χ4n) is 3.29. The summed E-state index contributed by atoms with van der Waals surface area (Å²) in [6.45, 7) is 1.97. The molecule has 0 N–H and O–H groups in total. The third kappa shape index (κ3) is 4.01. The lowest BCUT2D eigenvalue weighted by molar-refractivity contribution is 0.0821. The van der Waals surface area contributed by atoms with E-state index in [2.05, 4.69) is 17.0 Å². The Kier molecular flexibility index (Phi) is 5.47. The van der Waals surface area contributed by atoms with Crippen molar-refractivity contribution in [1.29, 1.82) is 0 Å². The molecule has 1 atom stereocenters. The second-order valence-electron chi connectivity index (χ2n) is 6.13. The van der Waals surface area contributed by atoms with Gasteiger partial charge in [0.1, 0.15) is 0 Å². The summed E-state index contributed by atoms with van der Waals surface area (Å²) in [4.78, 5) is 15.5. The highest BCUT2D eigenvalue weighted by molar-refractivity contribution is 6.30. The van der Waals surface area contributed by atoms with Gasteiger partial charge in [0.05, 0.1) is 6.04 Å². The largest absolute Gasteiger partial charge is 0.292 e. The van der Waals surface area contributed by atoms with Gasteiger partial charge < -0.3 is 0 Å². The van der Waals surface area contributed by atoms with E-state index in [-0.39, 0.29) is 11.8 Å². The Morgan fingerprint density at radius 1 is 0.870 bits per heavy atom. The predicted octanol–water partition coefficient (Wildman–Crippen LogP) is 5.14. The van der Waals surface area contributed by atoms with Crippen LogP contribution in [0.2, 0.25) is 5.02 Å². The summed E-state index contributed by atoms with van der Waals surface area (Å²) in [5, 5.41) is 0.660. The molecule has 1 heterocycles. The van der Waals surface area contributed by atoms with E-state index >= 15 is 0 Å². The van der Waals surface area contributed by atoms with Gasteiger partial charge in [-0.3, -0.25) is 9.69 Å². The second-order valence-corrected chi connectivity index (χ2v) is 6.57. The predicted molar refractivity (Wildman–Crippen MR) is 95.0 cm³/mol. The lowest BCUT2D eigenvalue weighted by Crippen LogP contribution is -2.35. The van der Waals surface area contributed by atoms with E-state index in [1.807, 2.05) is 30.3 Å². The molecule has 120 valence electrons. The molecule has 2 nitrogen and oxygen atoms in total. The number of nitrogens with zero attached hydrogens (tertiary/aromatic N) is 1. The van der Waals surface area contributed by atoms with Crippen LogP contribution in [0.15, 0.2) is 54.6 Å². The van der Waals surface area contributed by atoms with Crippen LogP contribution in [0.25, 0.3) is 0 Å². The summed E-state index contributed by atoms with van der Waals surface area (Å²) in [7, 11) is 0. The van der Waals surface area contributed by atoms with Crippen LogP contribution in [0.1, 0.15) is 47.6 Å². The monoisotopic (exact) mass is 327 g/mol. The van der Waals surface area contributed by atoms with Gasteiger partial charge in [-0.05, 0) is 55.8 Å². The van der Waals surface area contributed by atoms with Crippen LogP contribution in [0.4, 0.5) is 0 Å². The maximum Gasteiger partial charge on any atom is 0.184 e. The Morgan fingerprint density at radius 3 is 2.09 bits per heavy atom. The summed E-state index contributed by atoms with van der Waals surface area (Å²) in [5.41, 5.74) is 1.81. The van der Waals surface area contributed by atoms with E-state index in [9.17, 15) is 4.79 Å². The molecule has 0 saturated carbocycles. The van der Waals surface area contributed by atoms with Gasteiger partial charge in [-0.1, -0.05) is 54.8 Å². The Bertz CT molecular complexity index is 630. The van der Waals surface area contributed by atoms with Crippen molar-refractivity contribution in [3.63, 3.8) is 0 Å². The molecule has 1 aliphatic rings. The minimum absolute atomic E-state index is 0.162. The number of ketones is 1. The van der Waals surface area contributed by atoms with E-state index in [4.69, 9.17) is 11.6 Å². The Labute approximate surface area is 143 Å². The number of carbonyl (C=O) groups excluding carboxylic acids is 1. The van der Waals surface area contributed by atoms with Crippen molar-refractivity contribution in [2.75, 3.05) is 13.1 Å². The molecule has 3 heteroatoms. The fraction of sp³-hybridized carbons (Fsp3) is 0.350. The highest BCUT2D eigenvalue weighted by atomic mass is 35.5. The molecule has 1 fully saturated rings. The van der Waals surface area contributed by atoms with Gasteiger partial charge in [-0.15, -0.1) is 0 Å². The molecule has 2 aromatic carbocycles. The van der Waals surface area contributed by atoms with Crippen molar-refractivity contribution in [2.45, 2.75) is 31.7 Å². The summed E-state index contributed by atoms with van der Waals surface area (Å²) < 4.78 is 0. The van der Waals surface area contributed by atoms with E-state index in [0.29, 0.717) is 5.02 Å². The van der Waals surface area contributed by atoms with Gasteiger partial charge >= 0.3 is 0 Å². The average Bonchev–Trinajstić information content (AvgIpc) is 2.86. The van der Waals surface area contributed by atoms with Crippen LogP contribution in [0.3, 0.4) is 0 Å². The number of benzene rings is 2. The van der Waals surface area contributed by atoms with Crippen LogP contribution >= 0.6 is 11.6 Å². The highest BCUT2D eigenvalue weighted by Crippen LogP contribution is 2.28. The van der Waals surface area contributed by atoms with Crippen molar-refractivity contribution in [3.8, 4) is 0 Å².